The molecule has 1 saturated carbocycles. The summed E-state index contributed by atoms with van der Waals surface area (Å²) >= 11 is 3.49. The van der Waals surface area contributed by atoms with E-state index in [0.717, 1.165) is 18.3 Å². The summed E-state index contributed by atoms with van der Waals surface area (Å²) in [5, 5.41) is 0.786. The first-order chi connectivity index (χ1) is 9.25. The van der Waals surface area contributed by atoms with E-state index in [1.165, 1.54) is 19.3 Å². The standard InChI is InChI=1S/C16H28BrNO2/c1-15(2)8-6-5-7-13(15)14(19)18-10-12(9-17)20-16(3,4)11-18/h12-13H,5-11H2,1-4H3. The summed E-state index contributed by atoms with van der Waals surface area (Å²) < 4.78 is 6.00. The Morgan fingerprint density at radius 1 is 1.30 bits per heavy atom. The number of carbonyl (C=O) groups is 1. The zero-order valence-electron chi connectivity index (χ0n) is 13.2. The molecule has 0 aromatic rings. The molecule has 2 unspecified atom stereocenters. The van der Waals surface area contributed by atoms with Gasteiger partial charge >= 0.3 is 0 Å². The second kappa shape index (κ2) is 5.96. The minimum atomic E-state index is -0.245. The number of rotatable bonds is 2. The monoisotopic (exact) mass is 345 g/mol. The van der Waals surface area contributed by atoms with Gasteiger partial charge in [0.2, 0.25) is 5.91 Å². The molecule has 2 rings (SSSR count). The van der Waals surface area contributed by atoms with Crippen molar-refractivity contribution in [1.29, 1.82) is 0 Å². The lowest BCUT2D eigenvalue weighted by Crippen LogP contribution is -2.57. The van der Waals surface area contributed by atoms with E-state index in [4.69, 9.17) is 4.74 Å². The SMILES string of the molecule is CC1(C)CN(C(=O)C2CCCCC2(C)C)CC(CBr)O1. The molecule has 0 bridgehead atoms. The van der Waals surface area contributed by atoms with Crippen LogP contribution in [0.4, 0.5) is 0 Å². The molecule has 2 atom stereocenters. The Morgan fingerprint density at radius 2 is 2.00 bits per heavy atom. The Hall–Kier alpha value is -0.0900. The van der Waals surface area contributed by atoms with Crippen LogP contribution in [0.5, 0.6) is 0 Å². The van der Waals surface area contributed by atoms with Crippen molar-refractivity contribution < 1.29 is 9.53 Å². The molecule has 116 valence electrons. The van der Waals surface area contributed by atoms with Crippen LogP contribution in [0, 0.1) is 11.3 Å². The van der Waals surface area contributed by atoms with Gasteiger partial charge in [0.05, 0.1) is 11.7 Å². The van der Waals surface area contributed by atoms with E-state index in [-0.39, 0.29) is 23.0 Å². The minimum absolute atomic E-state index is 0.106. The van der Waals surface area contributed by atoms with E-state index in [1.807, 2.05) is 4.90 Å². The zero-order chi connectivity index (χ0) is 15.0. The highest BCUT2D eigenvalue weighted by atomic mass is 79.9. The van der Waals surface area contributed by atoms with Crippen LogP contribution in [-0.4, -0.2) is 40.9 Å². The number of nitrogens with zero attached hydrogens (tertiary/aromatic N) is 1. The minimum Gasteiger partial charge on any atom is -0.368 e. The fourth-order valence-corrected chi connectivity index (χ4v) is 4.05. The molecule has 0 aromatic carbocycles. The molecule has 0 N–H and O–H groups in total. The molecule has 3 nitrogen and oxygen atoms in total. The fourth-order valence-electron chi connectivity index (χ4n) is 3.72. The first kappa shape index (κ1) is 16.3. The Bertz CT molecular complexity index is 367. The van der Waals surface area contributed by atoms with Crippen molar-refractivity contribution in [3.05, 3.63) is 0 Å². The highest BCUT2D eigenvalue weighted by molar-refractivity contribution is 9.09. The van der Waals surface area contributed by atoms with Crippen LogP contribution in [0.25, 0.3) is 0 Å². The maximum absolute atomic E-state index is 13.0. The molecular weight excluding hydrogens is 318 g/mol. The van der Waals surface area contributed by atoms with Gasteiger partial charge < -0.3 is 9.64 Å². The zero-order valence-corrected chi connectivity index (χ0v) is 14.8. The van der Waals surface area contributed by atoms with E-state index in [9.17, 15) is 4.79 Å². The number of carbonyl (C=O) groups excluding carboxylic acids is 1. The van der Waals surface area contributed by atoms with E-state index >= 15 is 0 Å². The van der Waals surface area contributed by atoms with Gasteiger partial charge in [0.1, 0.15) is 0 Å². The number of amides is 1. The predicted molar refractivity (Wildman–Crippen MR) is 85.1 cm³/mol. The van der Waals surface area contributed by atoms with E-state index in [1.54, 1.807) is 0 Å². The molecule has 2 aliphatic rings. The summed E-state index contributed by atoms with van der Waals surface area (Å²) in [6.07, 6.45) is 4.77. The van der Waals surface area contributed by atoms with E-state index in [2.05, 4.69) is 43.6 Å². The van der Waals surface area contributed by atoms with Gasteiger partial charge in [-0.15, -0.1) is 0 Å². The van der Waals surface area contributed by atoms with Gasteiger partial charge in [-0.25, -0.2) is 0 Å². The fraction of sp³-hybridized carbons (Fsp3) is 0.938. The summed E-state index contributed by atoms with van der Waals surface area (Å²) in [4.78, 5) is 15.0. The van der Waals surface area contributed by atoms with E-state index in [0.29, 0.717) is 12.5 Å². The average Bonchev–Trinajstić information content (AvgIpc) is 2.35. The van der Waals surface area contributed by atoms with Crippen molar-refractivity contribution in [2.24, 2.45) is 11.3 Å². The van der Waals surface area contributed by atoms with Crippen molar-refractivity contribution in [2.45, 2.75) is 65.1 Å². The van der Waals surface area contributed by atoms with Crippen molar-refractivity contribution in [1.82, 2.24) is 4.90 Å². The third kappa shape index (κ3) is 3.56. The number of hydrogen-bond donors (Lipinski definition) is 0. The predicted octanol–water partition coefficient (Wildman–Crippen LogP) is 3.60. The molecule has 1 aliphatic heterocycles. The van der Waals surface area contributed by atoms with Crippen molar-refractivity contribution in [2.75, 3.05) is 18.4 Å². The molecule has 1 heterocycles. The molecular formula is C16H28BrNO2. The summed E-state index contributed by atoms with van der Waals surface area (Å²) in [5.74, 6) is 0.526. The number of morpholine rings is 1. The van der Waals surface area contributed by atoms with Crippen LogP contribution in [-0.2, 0) is 9.53 Å². The Morgan fingerprint density at radius 3 is 2.60 bits per heavy atom. The average molecular weight is 346 g/mol. The molecule has 1 aliphatic carbocycles. The third-order valence-corrected chi connectivity index (χ3v) is 5.49. The number of halogens is 1. The van der Waals surface area contributed by atoms with Gasteiger partial charge in [-0.2, -0.15) is 0 Å². The summed E-state index contributed by atoms with van der Waals surface area (Å²) in [6.45, 7) is 10.1. The van der Waals surface area contributed by atoms with Gasteiger partial charge in [-0.05, 0) is 32.1 Å². The van der Waals surface area contributed by atoms with Crippen LogP contribution in [0.15, 0.2) is 0 Å². The number of hydrogen-bond acceptors (Lipinski definition) is 2. The molecule has 1 saturated heterocycles. The van der Waals surface area contributed by atoms with Crippen LogP contribution < -0.4 is 0 Å². The van der Waals surface area contributed by atoms with Crippen LogP contribution in [0.2, 0.25) is 0 Å². The first-order valence-electron chi connectivity index (χ1n) is 7.78. The molecule has 20 heavy (non-hydrogen) atoms. The number of alkyl halides is 1. The van der Waals surface area contributed by atoms with Crippen molar-refractivity contribution in [3.8, 4) is 0 Å². The lowest BCUT2D eigenvalue weighted by atomic mass is 9.68. The maximum atomic E-state index is 13.0. The molecule has 4 heteroatoms. The summed E-state index contributed by atoms with van der Waals surface area (Å²) in [5.41, 5.74) is -0.104. The van der Waals surface area contributed by atoms with Crippen LogP contribution in [0.1, 0.15) is 53.4 Å². The second-order valence-electron chi connectivity index (χ2n) is 7.66. The first-order valence-corrected chi connectivity index (χ1v) is 8.90. The van der Waals surface area contributed by atoms with E-state index < -0.39 is 0 Å². The van der Waals surface area contributed by atoms with Gasteiger partial charge in [0, 0.05) is 24.3 Å². The van der Waals surface area contributed by atoms with Crippen molar-refractivity contribution >= 4 is 21.8 Å². The Labute approximate surface area is 131 Å². The Kier molecular flexibility index (Phi) is 4.85. The quantitative estimate of drug-likeness (QED) is 0.715. The molecule has 0 aromatic heterocycles. The third-order valence-electron chi connectivity index (χ3n) is 4.77. The smallest absolute Gasteiger partial charge is 0.226 e. The molecule has 2 fully saturated rings. The van der Waals surface area contributed by atoms with Crippen molar-refractivity contribution in [3.63, 3.8) is 0 Å². The summed E-state index contributed by atoms with van der Waals surface area (Å²) in [7, 11) is 0. The van der Waals surface area contributed by atoms with Gasteiger partial charge in [-0.3, -0.25) is 4.79 Å². The lowest BCUT2D eigenvalue weighted by molar-refractivity contribution is -0.165. The van der Waals surface area contributed by atoms with Gasteiger partial charge in [0.25, 0.3) is 0 Å². The Balaban J connectivity index is 2.11. The summed E-state index contributed by atoms with van der Waals surface area (Å²) in [6, 6.07) is 0. The normalized spacial score (nSPS) is 33.0. The highest BCUT2D eigenvalue weighted by Crippen LogP contribution is 2.42. The lowest BCUT2D eigenvalue weighted by Gasteiger charge is -2.46. The van der Waals surface area contributed by atoms with Crippen LogP contribution in [0.3, 0.4) is 0 Å². The molecule has 1 amide bonds. The van der Waals surface area contributed by atoms with Gasteiger partial charge in [-0.1, -0.05) is 42.6 Å². The molecule has 0 radical (unpaired) electrons. The van der Waals surface area contributed by atoms with Gasteiger partial charge in [0.15, 0.2) is 0 Å². The second-order valence-corrected chi connectivity index (χ2v) is 8.31. The van der Waals surface area contributed by atoms with Crippen LogP contribution >= 0.6 is 15.9 Å². The largest absolute Gasteiger partial charge is 0.368 e. The molecule has 0 spiro atoms. The topological polar surface area (TPSA) is 29.5 Å². The number of ether oxygens (including phenoxy) is 1. The maximum Gasteiger partial charge on any atom is 0.226 e. The highest BCUT2D eigenvalue weighted by Gasteiger charge is 2.42.